The van der Waals surface area contributed by atoms with Crippen LogP contribution in [-0.4, -0.2) is 29.8 Å². The molecule has 6 heteroatoms. The van der Waals surface area contributed by atoms with E-state index in [0.29, 0.717) is 22.2 Å². The van der Waals surface area contributed by atoms with Crippen LogP contribution in [0.3, 0.4) is 0 Å². The van der Waals surface area contributed by atoms with E-state index in [4.69, 9.17) is 0 Å². The molecule has 2 aromatic carbocycles. The molecule has 1 unspecified atom stereocenters. The van der Waals surface area contributed by atoms with Crippen molar-refractivity contribution in [2.75, 3.05) is 13.1 Å². The fraction of sp³-hybridized carbons (Fsp3) is 0.222. The topological polar surface area (TPSA) is 49.4 Å². The third-order valence-corrected chi connectivity index (χ3v) is 4.97. The number of nitrogens with zero attached hydrogens (tertiary/aromatic N) is 1. The van der Waals surface area contributed by atoms with Crippen molar-refractivity contribution in [3.8, 4) is 0 Å². The molecule has 24 heavy (non-hydrogen) atoms. The first kappa shape index (κ1) is 16.9. The minimum absolute atomic E-state index is 0.0897. The Bertz CT molecular complexity index is 767. The monoisotopic (exact) mass is 438 g/mol. The first-order valence-corrected chi connectivity index (χ1v) is 8.72. The largest absolute Gasteiger partial charge is 0.354 e. The number of amides is 2. The molecule has 0 spiro atoms. The molecule has 1 aliphatic heterocycles. The van der Waals surface area contributed by atoms with Crippen molar-refractivity contribution in [1.82, 2.24) is 10.2 Å². The van der Waals surface area contributed by atoms with Gasteiger partial charge >= 0.3 is 0 Å². The molecule has 1 atom stereocenters. The Balaban J connectivity index is 2.00. The predicted molar refractivity (Wildman–Crippen MR) is 97.0 cm³/mol. The molecule has 0 aliphatic carbocycles. The van der Waals surface area contributed by atoms with Gasteiger partial charge < -0.3 is 10.2 Å². The maximum atomic E-state index is 13.6. The summed E-state index contributed by atoms with van der Waals surface area (Å²) >= 11 is 2.03. The summed E-state index contributed by atoms with van der Waals surface area (Å²) in [4.78, 5) is 26.7. The minimum Gasteiger partial charge on any atom is -0.354 e. The van der Waals surface area contributed by atoms with Crippen molar-refractivity contribution in [3.63, 3.8) is 0 Å². The summed E-state index contributed by atoms with van der Waals surface area (Å²) in [6.45, 7) is 0.774. The fourth-order valence-corrected chi connectivity index (χ4v) is 3.43. The van der Waals surface area contributed by atoms with Gasteiger partial charge in [-0.15, -0.1) is 0 Å². The zero-order valence-electron chi connectivity index (χ0n) is 12.8. The van der Waals surface area contributed by atoms with Crippen molar-refractivity contribution in [3.05, 3.63) is 69.0 Å². The van der Waals surface area contributed by atoms with Crippen LogP contribution in [0.4, 0.5) is 4.39 Å². The molecule has 1 heterocycles. The van der Waals surface area contributed by atoms with E-state index in [1.807, 2.05) is 52.9 Å². The van der Waals surface area contributed by atoms with Crippen molar-refractivity contribution >= 4 is 34.4 Å². The zero-order valence-corrected chi connectivity index (χ0v) is 15.0. The minimum atomic E-state index is -0.445. The Labute approximate surface area is 153 Å². The second-order valence-corrected chi connectivity index (χ2v) is 6.77. The molecular formula is C18H16FIN2O2. The number of halogens is 2. The van der Waals surface area contributed by atoms with Crippen LogP contribution in [0.2, 0.25) is 0 Å². The van der Waals surface area contributed by atoms with Gasteiger partial charge in [0, 0.05) is 16.7 Å². The van der Waals surface area contributed by atoms with E-state index < -0.39 is 5.82 Å². The lowest BCUT2D eigenvalue weighted by Crippen LogP contribution is -2.37. The molecule has 124 valence electrons. The molecule has 3 rings (SSSR count). The lowest BCUT2D eigenvalue weighted by molar-refractivity contribution is -0.121. The molecule has 1 saturated heterocycles. The smallest absolute Gasteiger partial charge is 0.255 e. The Morgan fingerprint density at radius 1 is 1.21 bits per heavy atom. The summed E-state index contributed by atoms with van der Waals surface area (Å²) in [6.07, 6.45) is 0.196. The summed E-state index contributed by atoms with van der Waals surface area (Å²) in [5.41, 5.74) is 1.22. The first-order chi connectivity index (χ1) is 11.6. The summed E-state index contributed by atoms with van der Waals surface area (Å²) < 4.78 is 14.3. The van der Waals surface area contributed by atoms with Gasteiger partial charge in [-0.25, -0.2) is 4.39 Å². The van der Waals surface area contributed by atoms with E-state index in [-0.39, 0.29) is 24.3 Å². The summed E-state index contributed by atoms with van der Waals surface area (Å²) in [5.74, 6) is -0.795. The van der Waals surface area contributed by atoms with Gasteiger partial charge in [-0.1, -0.05) is 30.3 Å². The molecule has 2 aromatic rings. The molecule has 2 amide bonds. The SMILES string of the molecule is O=C1CC(c2ccccc2)N(C(=O)c2cc(F)ccc2I)CCN1. The van der Waals surface area contributed by atoms with Crippen LogP contribution in [0.25, 0.3) is 0 Å². The molecule has 0 aromatic heterocycles. The predicted octanol–water partition coefficient (Wildman–Crippen LogP) is 3.13. The first-order valence-electron chi connectivity index (χ1n) is 7.64. The average Bonchev–Trinajstić information content (AvgIpc) is 2.79. The van der Waals surface area contributed by atoms with Crippen LogP contribution < -0.4 is 5.32 Å². The van der Waals surface area contributed by atoms with Gasteiger partial charge in [0.1, 0.15) is 5.82 Å². The molecule has 1 aliphatic rings. The fourth-order valence-electron chi connectivity index (χ4n) is 2.86. The maximum Gasteiger partial charge on any atom is 0.255 e. The molecule has 4 nitrogen and oxygen atoms in total. The number of carbonyl (C=O) groups is 2. The number of nitrogens with one attached hydrogen (secondary N) is 1. The molecule has 0 saturated carbocycles. The highest BCUT2D eigenvalue weighted by molar-refractivity contribution is 14.1. The van der Waals surface area contributed by atoms with Crippen LogP contribution in [0.1, 0.15) is 28.4 Å². The third-order valence-electron chi connectivity index (χ3n) is 4.03. The van der Waals surface area contributed by atoms with E-state index in [2.05, 4.69) is 5.32 Å². The average molecular weight is 438 g/mol. The third kappa shape index (κ3) is 3.58. The highest BCUT2D eigenvalue weighted by Gasteiger charge is 2.31. The Morgan fingerprint density at radius 3 is 2.71 bits per heavy atom. The van der Waals surface area contributed by atoms with Gasteiger partial charge in [0.25, 0.3) is 5.91 Å². The van der Waals surface area contributed by atoms with E-state index in [1.165, 1.54) is 12.1 Å². The van der Waals surface area contributed by atoms with Crippen molar-refractivity contribution in [2.24, 2.45) is 0 Å². The Hall–Kier alpha value is -1.96. The standard InChI is InChI=1S/C18H16FIN2O2/c19-13-6-7-15(20)14(10-13)18(24)22-9-8-21-17(23)11-16(22)12-4-2-1-3-5-12/h1-7,10,16H,8-9,11H2,(H,21,23). The van der Waals surface area contributed by atoms with E-state index >= 15 is 0 Å². The number of rotatable bonds is 2. The summed E-state index contributed by atoms with van der Waals surface area (Å²) in [6, 6.07) is 13.3. The van der Waals surface area contributed by atoms with Crippen LogP contribution in [0.15, 0.2) is 48.5 Å². The molecule has 0 radical (unpaired) electrons. The van der Waals surface area contributed by atoms with Gasteiger partial charge in [-0.05, 0) is 46.4 Å². The van der Waals surface area contributed by atoms with Crippen molar-refractivity contribution in [1.29, 1.82) is 0 Å². The van der Waals surface area contributed by atoms with Crippen LogP contribution in [0, 0.1) is 9.39 Å². The summed E-state index contributed by atoms with van der Waals surface area (Å²) in [5, 5.41) is 2.80. The van der Waals surface area contributed by atoms with E-state index in [0.717, 1.165) is 5.56 Å². The Kier molecular flexibility index (Phi) is 5.13. The van der Waals surface area contributed by atoms with E-state index in [1.54, 1.807) is 11.0 Å². The van der Waals surface area contributed by atoms with Gasteiger partial charge in [0.2, 0.25) is 5.91 Å². The Morgan fingerprint density at radius 2 is 1.96 bits per heavy atom. The lowest BCUT2D eigenvalue weighted by atomic mass is 10.0. The normalized spacial score (nSPS) is 18.0. The highest BCUT2D eigenvalue weighted by Crippen LogP contribution is 2.28. The van der Waals surface area contributed by atoms with Gasteiger partial charge in [-0.2, -0.15) is 0 Å². The number of benzene rings is 2. The van der Waals surface area contributed by atoms with Gasteiger partial charge in [-0.3, -0.25) is 9.59 Å². The molecule has 1 fully saturated rings. The van der Waals surface area contributed by atoms with Crippen molar-refractivity contribution in [2.45, 2.75) is 12.5 Å². The van der Waals surface area contributed by atoms with Crippen LogP contribution in [-0.2, 0) is 4.79 Å². The maximum absolute atomic E-state index is 13.6. The van der Waals surface area contributed by atoms with Gasteiger partial charge in [0.05, 0.1) is 18.0 Å². The van der Waals surface area contributed by atoms with E-state index in [9.17, 15) is 14.0 Å². The van der Waals surface area contributed by atoms with Crippen LogP contribution >= 0.6 is 22.6 Å². The van der Waals surface area contributed by atoms with Crippen molar-refractivity contribution < 1.29 is 14.0 Å². The zero-order chi connectivity index (χ0) is 17.1. The number of hydrogen-bond donors (Lipinski definition) is 1. The second-order valence-electron chi connectivity index (χ2n) is 5.60. The number of carbonyl (C=O) groups excluding carboxylic acids is 2. The number of hydrogen-bond acceptors (Lipinski definition) is 2. The molecule has 0 bridgehead atoms. The van der Waals surface area contributed by atoms with Crippen LogP contribution in [0.5, 0.6) is 0 Å². The van der Waals surface area contributed by atoms with Gasteiger partial charge in [0.15, 0.2) is 0 Å². The quantitative estimate of drug-likeness (QED) is 0.733. The molecular weight excluding hydrogens is 422 g/mol. The lowest BCUT2D eigenvalue weighted by Gasteiger charge is -2.30. The molecule has 1 N–H and O–H groups in total. The second kappa shape index (κ2) is 7.29. The highest BCUT2D eigenvalue weighted by atomic mass is 127. The summed E-state index contributed by atoms with van der Waals surface area (Å²) in [7, 11) is 0.